The maximum absolute atomic E-state index is 13.0. The monoisotopic (exact) mass is 360 g/mol. The van der Waals surface area contributed by atoms with Crippen LogP contribution in [0.4, 0.5) is 4.79 Å². The molecule has 6 heteroatoms. The fraction of sp³-hybridized carbons (Fsp3) is 0.600. The van der Waals surface area contributed by atoms with Crippen molar-refractivity contribution in [2.75, 3.05) is 46.5 Å². The average Bonchev–Trinajstić information content (AvgIpc) is 2.69. The zero-order chi connectivity index (χ0) is 18.7. The molecule has 2 aliphatic rings. The lowest BCUT2D eigenvalue weighted by molar-refractivity contribution is -0.147. The lowest BCUT2D eigenvalue weighted by Crippen LogP contribution is -2.53. The Balaban J connectivity index is 1.81. The highest BCUT2D eigenvalue weighted by Gasteiger charge is 2.36. The van der Waals surface area contributed by atoms with E-state index in [1.807, 2.05) is 9.80 Å². The number of ether oxygens (including phenoxy) is 2. The predicted octanol–water partition coefficient (Wildman–Crippen LogP) is 2.33. The number of urea groups is 1. The second-order valence-electron chi connectivity index (χ2n) is 7.28. The molecule has 2 fully saturated rings. The Labute approximate surface area is 155 Å². The minimum Gasteiger partial charge on any atom is -0.469 e. The molecule has 0 radical (unpaired) electrons. The van der Waals surface area contributed by atoms with Crippen LogP contribution in [-0.4, -0.2) is 68.3 Å². The van der Waals surface area contributed by atoms with Crippen molar-refractivity contribution in [1.82, 2.24) is 9.80 Å². The molecule has 0 aromatic heterocycles. The highest BCUT2D eigenvalue weighted by molar-refractivity contribution is 5.77. The van der Waals surface area contributed by atoms with Gasteiger partial charge in [-0.2, -0.15) is 0 Å². The van der Waals surface area contributed by atoms with Gasteiger partial charge in [0.25, 0.3) is 0 Å². The van der Waals surface area contributed by atoms with E-state index in [0.717, 1.165) is 0 Å². The number of nitrogens with zero attached hydrogens (tertiary/aromatic N) is 2. The van der Waals surface area contributed by atoms with Gasteiger partial charge in [0.05, 0.1) is 26.2 Å². The molecular formula is C20H28N2O4. The molecule has 1 aromatic rings. The van der Waals surface area contributed by atoms with Crippen molar-refractivity contribution in [2.24, 2.45) is 5.92 Å². The molecule has 2 saturated heterocycles. The van der Waals surface area contributed by atoms with Crippen LogP contribution in [0.15, 0.2) is 18.2 Å². The van der Waals surface area contributed by atoms with E-state index in [1.54, 1.807) is 0 Å². The molecule has 142 valence electrons. The van der Waals surface area contributed by atoms with Crippen molar-refractivity contribution in [2.45, 2.75) is 26.2 Å². The standard InChI is InChI=1S/C20H28N2O4/c1-14-4-5-16(10-15(14)2)17-11-18(19(23)25-3)13-22(12-17)20(24)21-6-8-26-9-7-21/h4-5,10,17-18H,6-9,11-13H2,1-3H3. The molecule has 2 unspecified atom stereocenters. The van der Waals surface area contributed by atoms with Crippen LogP contribution in [0.2, 0.25) is 0 Å². The van der Waals surface area contributed by atoms with Gasteiger partial charge in [-0.3, -0.25) is 4.79 Å². The van der Waals surface area contributed by atoms with Crippen molar-refractivity contribution >= 4 is 12.0 Å². The van der Waals surface area contributed by atoms with Gasteiger partial charge in [-0.15, -0.1) is 0 Å². The zero-order valence-electron chi connectivity index (χ0n) is 15.9. The smallest absolute Gasteiger partial charge is 0.320 e. The molecule has 0 spiro atoms. The van der Waals surface area contributed by atoms with Crippen molar-refractivity contribution < 1.29 is 19.1 Å². The first-order valence-corrected chi connectivity index (χ1v) is 9.26. The number of likely N-dealkylation sites (tertiary alicyclic amines) is 1. The summed E-state index contributed by atoms with van der Waals surface area (Å²) in [6, 6.07) is 6.40. The van der Waals surface area contributed by atoms with Crippen LogP contribution in [0.25, 0.3) is 0 Å². The van der Waals surface area contributed by atoms with Crippen LogP contribution in [-0.2, 0) is 14.3 Å². The minimum absolute atomic E-state index is 0.00395. The summed E-state index contributed by atoms with van der Waals surface area (Å²) < 4.78 is 10.3. The molecule has 2 atom stereocenters. The number of morpholine rings is 1. The summed E-state index contributed by atoms with van der Waals surface area (Å²) in [5.41, 5.74) is 3.66. The van der Waals surface area contributed by atoms with Crippen LogP contribution in [0.5, 0.6) is 0 Å². The Morgan fingerprint density at radius 3 is 2.46 bits per heavy atom. The van der Waals surface area contributed by atoms with Crippen LogP contribution < -0.4 is 0 Å². The SMILES string of the molecule is COC(=O)C1CC(c2ccc(C)c(C)c2)CN(C(=O)N2CCOCC2)C1. The lowest BCUT2D eigenvalue weighted by Gasteiger charge is -2.40. The quantitative estimate of drug-likeness (QED) is 0.760. The fourth-order valence-electron chi connectivity index (χ4n) is 3.81. The number of carbonyl (C=O) groups excluding carboxylic acids is 2. The summed E-state index contributed by atoms with van der Waals surface area (Å²) in [6.45, 7) is 7.58. The molecule has 0 aliphatic carbocycles. The van der Waals surface area contributed by atoms with E-state index in [2.05, 4.69) is 32.0 Å². The van der Waals surface area contributed by atoms with Gasteiger partial charge in [-0.05, 0) is 37.0 Å². The topological polar surface area (TPSA) is 59.1 Å². The number of hydrogen-bond donors (Lipinski definition) is 0. The summed E-state index contributed by atoms with van der Waals surface area (Å²) in [5, 5.41) is 0. The number of methoxy groups -OCH3 is 1. The molecule has 2 amide bonds. The first-order valence-electron chi connectivity index (χ1n) is 9.26. The van der Waals surface area contributed by atoms with Gasteiger partial charge in [0.15, 0.2) is 0 Å². The molecule has 0 N–H and O–H groups in total. The Kier molecular flexibility index (Phi) is 5.81. The van der Waals surface area contributed by atoms with E-state index in [4.69, 9.17) is 9.47 Å². The summed E-state index contributed by atoms with van der Waals surface area (Å²) in [4.78, 5) is 28.8. The van der Waals surface area contributed by atoms with E-state index in [-0.39, 0.29) is 23.8 Å². The molecule has 6 nitrogen and oxygen atoms in total. The van der Waals surface area contributed by atoms with Crippen molar-refractivity contribution in [3.63, 3.8) is 0 Å². The van der Waals surface area contributed by atoms with E-state index in [0.29, 0.717) is 45.8 Å². The van der Waals surface area contributed by atoms with Gasteiger partial charge in [-0.25, -0.2) is 4.79 Å². The minimum atomic E-state index is -0.287. The van der Waals surface area contributed by atoms with Crippen LogP contribution in [0.3, 0.4) is 0 Å². The van der Waals surface area contributed by atoms with Crippen molar-refractivity contribution in [1.29, 1.82) is 0 Å². The van der Waals surface area contributed by atoms with Crippen LogP contribution in [0.1, 0.15) is 29.0 Å². The van der Waals surface area contributed by atoms with Gasteiger partial charge in [-0.1, -0.05) is 18.2 Å². The summed E-state index contributed by atoms with van der Waals surface area (Å²) in [6.07, 6.45) is 0.710. The molecule has 1 aromatic carbocycles. The van der Waals surface area contributed by atoms with Crippen molar-refractivity contribution in [3.8, 4) is 0 Å². The number of amides is 2. The number of hydrogen-bond acceptors (Lipinski definition) is 4. The van der Waals surface area contributed by atoms with Crippen LogP contribution in [0, 0.1) is 19.8 Å². The number of benzene rings is 1. The number of aryl methyl sites for hydroxylation is 2. The van der Waals surface area contributed by atoms with Crippen molar-refractivity contribution in [3.05, 3.63) is 34.9 Å². The highest BCUT2D eigenvalue weighted by Crippen LogP contribution is 2.32. The third-order valence-corrected chi connectivity index (χ3v) is 5.54. The second kappa shape index (κ2) is 8.08. The molecule has 0 saturated carbocycles. The summed E-state index contributed by atoms with van der Waals surface area (Å²) in [7, 11) is 1.41. The predicted molar refractivity (Wildman–Crippen MR) is 98.1 cm³/mol. The molecule has 2 aliphatic heterocycles. The maximum Gasteiger partial charge on any atom is 0.320 e. The van der Waals surface area contributed by atoms with Crippen LogP contribution >= 0.6 is 0 Å². The fourth-order valence-corrected chi connectivity index (χ4v) is 3.81. The first kappa shape index (κ1) is 18.7. The van der Waals surface area contributed by atoms with Gasteiger partial charge in [0, 0.05) is 32.1 Å². The molecule has 26 heavy (non-hydrogen) atoms. The maximum atomic E-state index is 13.0. The third kappa shape index (κ3) is 4.01. The number of carbonyl (C=O) groups is 2. The second-order valence-corrected chi connectivity index (χ2v) is 7.28. The Morgan fingerprint density at radius 2 is 1.81 bits per heavy atom. The molecule has 3 rings (SSSR count). The van der Waals surface area contributed by atoms with E-state index in [9.17, 15) is 9.59 Å². The number of rotatable bonds is 2. The molecule has 2 heterocycles. The first-order chi connectivity index (χ1) is 12.5. The Morgan fingerprint density at radius 1 is 1.08 bits per heavy atom. The molecular weight excluding hydrogens is 332 g/mol. The van der Waals surface area contributed by atoms with E-state index >= 15 is 0 Å². The van der Waals surface area contributed by atoms with Gasteiger partial charge in [0.1, 0.15) is 0 Å². The van der Waals surface area contributed by atoms with Gasteiger partial charge >= 0.3 is 12.0 Å². The van der Waals surface area contributed by atoms with E-state index < -0.39 is 0 Å². The highest BCUT2D eigenvalue weighted by atomic mass is 16.5. The third-order valence-electron chi connectivity index (χ3n) is 5.54. The zero-order valence-corrected chi connectivity index (χ0v) is 15.9. The van der Waals surface area contributed by atoms with Gasteiger partial charge in [0.2, 0.25) is 0 Å². The van der Waals surface area contributed by atoms with Gasteiger partial charge < -0.3 is 19.3 Å². The normalized spacial score (nSPS) is 23.7. The lowest BCUT2D eigenvalue weighted by atomic mass is 9.83. The Bertz CT molecular complexity index is 670. The average molecular weight is 360 g/mol. The summed E-state index contributed by atoms with van der Waals surface area (Å²) >= 11 is 0. The Hall–Kier alpha value is -2.08. The number of piperidine rings is 1. The number of esters is 1. The molecule has 0 bridgehead atoms. The largest absolute Gasteiger partial charge is 0.469 e. The summed E-state index contributed by atoms with van der Waals surface area (Å²) in [5.74, 6) is -0.388. The van der Waals surface area contributed by atoms with E-state index in [1.165, 1.54) is 23.8 Å².